The zero-order valence-corrected chi connectivity index (χ0v) is 10.1. The largest absolute Gasteiger partial charge is 0.380 e. The first-order chi connectivity index (χ1) is 7.79. The number of anilines is 1. The van der Waals surface area contributed by atoms with Gasteiger partial charge in [0, 0.05) is 26.4 Å². The molecule has 2 heterocycles. The van der Waals surface area contributed by atoms with Crippen LogP contribution in [0.2, 0.25) is 5.02 Å². The molecule has 0 aliphatic carbocycles. The summed E-state index contributed by atoms with van der Waals surface area (Å²) in [5.41, 5.74) is 1.37. The lowest BCUT2D eigenvalue weighted by Crippen LogP contribution is -2.29. The van der Waals surface area contributed by atoms with Crippen LogP contribution in [0.5, 0.6) is 0 Å². The van der Waals surface area contributed by atoms with E-state index in [1.165, 1.54) is 5.57 Å². The maximum Gasteiger partial charge on any atom is 0.128 e. The summed E-state index contributed by atoms with van der Waals surface area (Å²) in [6.07, 6.45) is 4.94. The van der Waals surface area contributed by atoms with Gasteiger partial charge in [0.25, 0.3) is 0 Å². The zero-order valence-electron chi connectivity index (χ0n) is 9.32. The lowest BCUT2D eigenvalue weighted by atomic mass is 10.1. The minimum absolute atomic E-state index is 0.677. The quantitative estimate of drug-likeness (QED) is 0.757. The van der Waals surface area contributed by atoms with Gasteiger partial charge >= 0.3 is 0 Å². The van der Waals surface area contributed by atoms with E-state index in [-0.39, 0.29) is 0 Å². The lowest BCUT2D eigenvalue weighted by Gasteiger charge is -2.27. The van der Waals surface area contributed by atoms with Gasteiger partial charge in [0.1, 0.15) is 5.82 Å². The third-order valence-electron chi connectivity index (χ3n) is 2.67. The number of rotatable bonds is 3. The fourth-order valence-corrected chi connectivity index (χ4v) is 1.90. The Morgan fingerprint density at radius 3 is 2.94 bits per heavy atom. The third-order valence-corrected chi connectivity index (χ3v) is 2.89. The molecule has 0 saturated heterocycles. The van der Waals surface area contributed by atoms with Crippen molar-refractivity contribution < 1.29 is 4.74 Å². The van der Waals surface area contributed by atoms with Crippen LogP contribution in [0.1, 0.15) is 6.42 Å². The molecule has 0 atom stereocenters. The van der Waals surface area contributed by atoms with E-state index in [1.807, 2.05) is 12.1 Å². The summed E-state index contributed by atoms with van der Waals surface area (Å²) >= 11 is 5.81. The van der Waals surface area contributed by atoms with Crippen LogP contribution in [0.3, 0.4) is 0 Å². The molecule has 2 rings (SSSR count). The van der Waals surface area contributed by atoms with Crippen molar-refractivity contribution in [3.8, 4) is 0 Å². The molecule has 86 valence electrons. The zero-order chi connectivity index (χ0) is 11.4. The molecule has 1 aliphatic rings. The van der Waals surface area contributed by atoms with E-state index in [4.69, 9.17) is 16.3 Å². The summed E-state index contributed by atoms with van der Waals surface area (Å²) in [6, 6.07) is 3.83. The second-order valence-electron chi connectivity index (χ2n) is 3.83. The molecule has 3 nitrogen and oxygen atoms in total. The molecule has 16 heavy (non-hydrogen) atoms. The normalized spacial score (nSPS) is 16.1. The van der Waals surface area contributed by atoms with E-state index >= 15 is 0 Å². The van der Waals surface area contributed by atoms with Crippen molar-refractivity contribution in [2.75, 3.05) is 31.7 Å². The van der Waals surface area contributed by atoms with Gasteiger partial charge in [0.2, 0.25) is 0 Å². The van der Waals surface area contributed by atoms with Crippen molar-refractivity contribution in [3.05, 3.63) is 35.0 Å². The van der Waals surface area contributed by atoms with Crippen LogP contribution in [0, 0.1) is 0 Å². The Hall–Kier alpha value is -1.06. The van der Waals surface area contributed by atoms with E-state index in [2.05, 4.69) is 16.0 Å². The van der Waals surface area contributed by atoms with Crippen molar-refractivity contribution >= 4 is 17.4 Å². The average molecular weight is 239 g/mol. The maximum atomic E-state index is 5.81. The molecule has 0 aromatic carbocycles. The van der Waals surface area contributed by atoms with Crippen LogP contribution in [0.4, 0.5) is 5.82 Å². The van der Waals surface area contributed by atoms with Crippen LogP contribution in [0.15, 0.2) is 30.0 Å². The highest BCUT2D eigenvalue weighted by Crippen LogP contribution is 2.19. The predicted molar refractivity (Wildman–Crippen MR) is 66.0 cm³/mol. The van der Waals surface area contributed by atoms with Gasteiger partial charge in [-0.1, -0.05) is 17.7 Å². The molecule has 0 fully saturated rings. The molecule has 0 spiro atoms. The van der Waals surface area contributed by atoms with Crippen LogP contribution in [0.25, 0.3) is 0 Å². The van der Waals surface area contributed by atoms with Gasteiger partial charge in [-0.05, 0) is 24.1 Å². The Balaban J connectivity index is 2.01. The molecular formula is C12H15ClN2O. The second kappa shape index (κ2) is 5.32. The maximum absolute atomic E-state index is 5.81. The van der Waals surface area contributed by atoms with Gasteiger partial charge < -0.3 is 9.64 Å². The first-order valence-corrected chi connectivity index (χ1v) is 5.71. The number of halogens is 1. The number of aromatic nitrogens is 1. The van der Waals surface area contributed by atoms with Crippen molar-refractivity contribution in [2.45, 2.75) is 6.42 Å². The molecule has 0 unspecified atom stereocenters. The topological polar surface area (TPSA) is 25.4 Å². The first kappa shape index (κ1) is 11.4. The van der Waals surface area contributed by atoms with E-state index in [0.717, 1.165) is 31.9 Å². The molecule has 0 radical (unpaired) electrons. The fourth-order valence-electron chi connectivity index (χ4n) is 1.79. The third kappa shape index (κ3) is 2.74. The molecule has 1 aromatic heterocycles. The number of pyridine rings is 1. The number of ether oxygens (including phenoxy) is 1. The Labute approximate surface area is 101 Å². The summed E-state index contributed by atoms with van der Waals surface area (Å²) in [4.78, 5) is 6.54. The molecule has 1 aromatic rings. The van der Waals surface area contributed by atoms with Crippen LogP contribution < -0.4 is 4.90 Å². The minimum atomic E-state index is 0.677. The summed E-state index contributed by atoms with van der Waals surface area (Å²) in [6.45, 7) is 2.62. The second-order valence-corrected chi connectivity index (χ2v) is 4.26. The van der Waals surface area contributed by atoms with Gasteiger partial charge in [-0.2, -0.15) is 0 Å². The predicted octanol–water partition coefficient (Wildman–Crippen LogP) is 2.52. The number of nitrogens with zero attached hydrogens (tertiary/aromatic N) is 2. The van der Waals surface area contributed by atoms with Gasteiger partial charge in [0.15, 0.2) is 0 Å². The monoisotopic (exact) mass is 238 g/mol. The number of hydrogen-bond acceptors (Lipinski definition) is 3. The molecule has 0 N–H and O–H groups in total. The SMILES string of the molecule is COCC1=CCN(c2ccc(Cl)cn2)CC1. The lowest BCUT2D eigenvalue weighted by molar-refractivity contribution is 0.222. The van der Waals surface area contributed by atoms with E-state index in [0.29, 0.717) is 5.02 Å². The Morgan fingerprint density at radius 2 is 2.38 bits per heavy atom. The van der Waals surface area contributed by atoms with Gasteiger partial charge in [-0.3, -0.25) is 0 Å². The van der Waals surface area contributed by atoms with Gasteiger partial charge in [-0.15, -0.1) is 0 Å². The summed E-state index contributed by atoms with van der Waals surface area (Å²) in [7, 11) is 1.73. The highest BCUT2D eigenvalue weighted by molar-refractivity contribution is 6.30. The van der Waals surface area contributed by atoms with E-state index in [9.17, 15) is 0 Å². The van der Waals surface area contributed by atoms with Crippen molar-refractivity contribution in [3.63, 3.8) is 0 Å². The van der Waals surface area contributed by atoms with Crippen molar-refractivity contribution in [1.82, 2.24) is 4.98 Å². The van der Waals surface area contributed by atoms with Crippen LogP contribution in [-0.4, -0.2) is 31.8 Å². The molecule has 0 bridgehead atoms. The van der Waals surface area contributed by atoms with Crippen LogP contribution >= 0.6 is 11.6 Å². The first-order valence-electron chi connectivity index (χ1n) is 5.33. The highest BCUT2D eigenvalue weighted by atomic mass is 35.5. The number of methoxy groups -OCH3 is 1. The van der Waals surface area contributed by atoms with E-state index < -0.39 is 0 Å². The number of hydrogen-bond donors (Lipinski definition) is 0. The Morgan fingerprint density at radius 1 is 1.50 bits per heavy atom. The fraction of sp³-hybridized carbons (Fsp3) is 0.417. The molecule has 0 saturated carbocycles. The van der Waals surface area contributed by atoms with Crippen molar-refractivity contribution in [1.29, 1.82) is 0 Å². The van der Waals surface area contributed by atoms with Crippen LogP contribution in [-0.2, 0) is 4.74 Å². The highest BCUT2D eigenvalue weighted by Gasteiger charge is 2.12. The summed E-state index contributed by atoms with van der Waals surface area (Å²) in [5, 5.41) is 0.677. The summed E-state index contributed by atoms with van der Waals surface area (Å²) < 4.78 is 5.12. The standard InChI is InChI=1S/C12H15ClN2O/c1-16-9-10-4-6-15(7-5-10)12-3-2-11(13)8-14-12/h2-4,8H,5-7,9H2,1H3. The van der Waals surface area contributed by atoms with Crippen molar-refractivity contribution in [2.24, 2.45) is 0 Å². The Kier molecular flexibility index (Phi) is 3.80. The summed E-state index contributed by atoms with van der Waals surface area (Å²) in [5.74, 6) is 0.983. The van der Waals surface area contributed by atoms with Gasteiger partial charge in [-0.25, -0.2) is 4.98 Å². The molecule has 0 amide bonds. The van der Waals surface area contributed by atoms with E-state index in [1.54, 1.807) is 13.3 Å². The minimum Gasteiger partial charge on any atom is -0.380 e. The molecular weight excluding hydrogens is 224 g/mol. The molecule has 1 aliphatic heterocycles. The smallest absolute Gasteiger partial charge is 0.128 e. The molecule has 4 heteroatoms. The Bertz CT molecular complexity index is 375. The average Bonchev–Trinajstić information content (AvgIpc) is 2.32. The van der Waals surface area contributed by atoms with Gasteiger partial charge in [0.05, 0.1) is 11.6 Å².